The van der Waals surface area contributed by atoms with Crippen molar-refractivity contribution in [1.29, 1.82) is 0 Å². The van der Waals surface area contributed by atoms with Crippen LogP contribution in [0.25, 0.3) is 0 Å². The molecule has 1 aliphatic heterocycles. The Morgan fingerprint density at radius 1 is 1.32 bits per heavy atom. The van der Waals surface area contributed by atoms with E-state index in [4.69, 9.17) is 0 Å². The smallest absolute Gasteiger partial charge is 0.241 e. The third kappa shape index (κ3) is 3.31. The molecule has 1 aliphatic carbocycles. The highest BCUT2D eigenvalue weighted by molar-refractivity contribution is 5.84. The molecule has 1 saturated heterocycles. The molecule has 2 unspecified atom stereocenters. The van der Waals surface area contributed by atoms with E-state index in [1.165, 1.54) is 25.7 Å². The molecule has 1 heterocycles. The minimum atomic E-state index is 0.0740. The zero-order chi connectivity index (χ0) is 14.0. The molecule has 0 bridgehead atoms. The molecule has 2 aliphatic rings. The zero-order valence-corrected chi connectivity index (χ0v) is 13.0. The number of amides is 1. The molecule has 1 N–H and O–H groups in total. The zero-order valence-electron chi connectivity index (χ0n) is 13.0. The summed E-state index contributed by atoms with van der Waals surface area (Å²) in [5.41, 5.74) is 0.470. The van der Waals surface area contributed by atoms with Crippen LogP contribution in [0.3, 0.4) is 0 Å². The van der Waals surface area contributed by atoms with Crippen LogP contribution in [0.4, 0.5) is 0 Å². The van der Waals surface area contributed by atoms with Gasteiger partial charge in [-0.2, -0.15) is 0 Å². The molecule has 0 aromatic rings. The summed E-state index contributed by atoms with van der Waals surface area (Å²) < 4.78 is 0. The van der Waals surface area contributed by atoms with Crippen LogP contribution in [-0.4, -0.2) is 29.1 Å². The summed E-state index contributed by atoms with van der Waals surface area (Å²) in [6, 6.07) is 0.541. The molecular weight excluding hydrogens is 236 g/mol. The van der Waals surface area contributed by atoms with E-state index < -0.39 is 0 Å². The Morgan fingerprint density at radius 3 is 2.53 bits per heavy atom. The summed E-state index contributed by atoms with van der Waals surface area (Å²) in [7, 11) is 0. The average Bonchev–Trinajstić information content (AvgIpc) is 2.63. The van der Waals surface area contributed by atoms with Crippen molar-refractivity contribution in [2.75, 3.05) is 0 Å². The number of nitrogens with zero attached hydrogens (tertiary/aromatic N) is 1. The molecule has 2 fully saturated rings. The van der Waals surface area contributed by atoms with Gasteiger partial charge in [-0.15, -0.1) is 0 Å². The predicted molar refractivity (Wildman–Crippen MR) is 78.8 cm³/mol. The van der Waals surface area contributed by atoms with E-state index in [0.29, 0.717) is 17.4 Å². The Hall–Kier alpha value is -0.570. The third-order valence-electron chi connectivity index (χ3n) is 4.96. The lowest BCUT2D eigenvalue weighted by molar-refractivity contribution is -0.133. The van der Waals surface area contributed by atoms with Gasteiger partial charge in [0.15, 0.2) is 0 Å². The molecule has 19 heavy (non-hydrogen) atoms. The number of nitrogens with one attached hydrogen (secondary N) is 1. The third-order valence-corrected chi connectivity index (χ3v) is 4.96. The highest BCUT2D eigenvalue weighted by Gasteiger charge is 2.41. The normalized spacial score (nSPS) is 32.0. The topological polar surface area (TPSA) is 32.3 Å². The van der Waals surface area contributed by atoms with Crippen LogP contribution in [0.1, 0.15) is 72.6 Å². The van der Waals surface area contributed by atoms with Crippen molar-refractivity contribution >= 4 is 5.91 Å². The van der Waals surface area contributed by atoms with Gasteiger partial charge in [0.25, 0.3) is 0 Å². The van der Waals surface area contributed by atoms with Crippen molar-refractivity contribution in [3.05, 3.63) is 0 Å². The molecule has 1 amide bonds. The lowest BCUT2D eigenvalue weighted by Crippen LogP contribution is -2.45. The highest BCUT2D eigenvalue weighted by atomic mass is 16.2. The monoisotopic (exact) mass is 266 g/mol. The van der Waals surface area contributed by atoms with Gasteiger partial charge in [0.2, 0.25) is 5.91 Å². The van der Waals surface area contributed by atoms with Crippen LogP contribution in [0.2, 0.25) is 0 Å². The molecule has 3 nitrogen and oxygen atoms in total. The minimum absolute atomic E-state index is 0.0740. The molecule has 0 spiro atoms. The first kappa shape index (κ1) is 14.8. The van der Waals surface area contributed by atoms with E-state index in [1.807, 2.05) is 0 Å². The molecule has 0 aromatic heterocycles. The van der Waals surface area contributed by atoms with E-state index in [9.17, 15) is 4.79 Å². The van der Waals surface area contributed by atoms with Crippen LogP contribution in [-0.2, 0) is 4.79 Å². The summed E-state index contributed by atoms with van der Waals surface area (Å²) >= 11 is 0. The maximum Gasteiger partial charge on any atom is 0.241 e. The average molecular weight is 266 g/mol. The summed E-state index contributed by atoms with van der Waals surface area (Å²) in [6.07, 6.45) is 8.35. The van der Waals surface area contributed by atoms with E-state index in [0.717, 1.165) is 19.3 Å². The molecule has 3 heteroatoms. The first-order valence-electron chi connectivity index (χ1n) is 8.03. The summed E-state index contributed by atoms with van der Waals surface area (Å²) in [5.74, 6) is 0.352. The second-order valence-corrected chi connectivity index (χ2v) is 7.18. The predicted octanol–water partition coefficient (Wildman–Crippen LogP) is 3.29. The van der Waals surface area contributed by atoms with Crippen molar-refractivity contribution in [3.8, 4) is 0 Å². The van der Waals surface area contributed by atoms with Gasteiger partial charge < -0.3 is 4.90 Å². The summed E-state index contributed by atoms with van der Waals surface area (Å²) in [4.78, 5) is 14.7. The van der Waals surface area contributed by atoms with Crippen molar-refractivity contribution in [2.24, 2.45) is 5.41 Å². The van der Waals surface area contributed by atoms with Gasteiger partial charge in [-0.1, -0.05) is 33.6 Å². The van der Waals surface area contributed by atoms with Gasteiger partial charge in [-0.25, -0.2) is 0 Å². The van der Waals surface area contributed by atoms with Gasteiger partial charge in [0, 0.05) is 6.04 Å². The van der Waals surface area contributed by atoms with E-state index in [2.05, 4.69) is 37.9 Å². The highest BCUT2D eigenvalue weighted by Crippen LogP contribution is 2.38. The first-order chi connectivity index (χ1) is 8.94. The van der Waals surface area contributed by atoms with Gasteiger partial charge in [-0.05, 0) is 44.4 Å². The minimum Gasteiger partial charge on any atom is -0.323 e. The molecule has 1 saturated carbocycles. The molecule has 2 atom stereocenters. The molecule has 0 aromatic carbocycles. The van der Waals surface area contributed by atoms with Crippen molar-refractivity contribution < 1.29 is 4.79 Å². The van der Waals surface area contributed by atoms with Crippen LogP contribution in [0, 0.1) is 5.41 Å². The fraction of sp³-hybridized carbons (Fsp3) is 0.938. The standard InChI is InChI=1S/C16H30N2O/c1-5-6-7-14-15(19)18(12(2)17-14)13-8-10-16(3,4)11-9-13/h12-14,17H,5-11H2,1-4H3. The molecular formula is C16H30N2O. The Bertz CT molecular complexity index is 317. The molecule has 2 rings (SSSR count). The number of unbranched alkanes of at least 4 members (excludes halogenated alkanes) is 1. The lowest BCUT2D eigenvalue weighted by atomic mass is 9.75. The van der Waals surface area contributed by atoms with E-state index in [-0.39, 0.29) is 12.2 Å². The molecule has 0 radical (unpaired) electrons. The van der Waals surface area contributed by atoms with E-state index >= 15 is 0 Å². The number of carbonyl (C=O) groups is 1. The van der Waals surface area contributed by atoms with Gasteiger partial charge >= 0.3 is 0 Å². The number of carbonyl (C=O) groups excluding carboxylic acids is 1. The van der Waals surface area contributed by atoms with Gasteiger partial charge in [0.1, 0.15) is 0 Å². The summed E-state index contributed by atoms with van der Waals surface area (Å²) in [6.45, 7) is 9.02. The van der Waals surface area contributed by atoms with Crippen molar-refractivity contribution in [1.82, 2.24) is 10.2 Å². The Balaban J connectivity index is 1.95. The molecule has 110 valence electrons. The van der Waals surface area contributed by atoms with Crippen LogP contribution in [0.15, 0.2) is 0 Å². The van der Waals surface area contributed by atoms with Crippen molar-refractivity contribution in [2.45, 2.75) is 90.9 Å². The van der Waals surface area contributed by atoms with Crippen LogP contribution in [0.5, 0.6) is 0 Å². The van der Waals surface area contributed by atoms with Crippen molar-refractivity contribution in [3.63, 3.8) is 0 Å². The number of hydrogen-bond acceptors (Lipinski definition) is 2. The van der Waals surface area contributed by atoms with Crippen LogP contribution >= 0.6 is 0 Å². The SMILES string of the molecule is CCCCC1NC(C)N(C2CCC(C)(C)CC2)C1=O. The fourth-order valence-electron chi connectivity index (χ4n) is 3.59. The van der Waals surface area contributed by atoms with E-state index in [1.54, 1.807) is 0 Å². The first-order valence-corrected chi connectivity index (χ1v) is 8.03. The fourth-order valence-corrected chi connectivity index (χ4v) is 3.59. The Morgan fingerprint density at radius 2 is 1.95 bits per heavy atom. The Kier molecular flexibility index (Phi) is 4.54. The lowest BCUT2D eigenvalue weighted by Gasteiger charge is -2.40. The summed E-state index contributed by atoms with van der Waals surface area (Å²) in [5, 5.41) is 3.48. The number of rotatable bonds is 4. The Labute approximate surface area is 118 Å². The van der Waals surface area contributed by atoms with Gasteiger partial charge in [-0.3, -0.25) is 10.1 Å². The van der Waals surface area contributed by atoms with Gasteiger partial charge in [0.05, 0.1) is 12.2 Å². The maximum absolute atomic E-state index is 12.5. The second-order valence-electron chi connectivity index (χ2n) is 7.18. The second kappa shape index (κ2) is 5.82. The largest absolute Gasteiger partial charge is 0.323 e. The maximum atomic E-state index is 12.5. The quantitative estimate of drug-likeness (QED) is 0.847. The van der Waals surface area contributed by atoms with Crippen LogP contribution < -0.4 is 5.32 Å². The number of hydrogen-bond donors (Lipinski definition) is 1.